The fraction of sp³-hybridized carbons (Fsp3) is 0.185. The van der Waals surface area contributed by atoms with E-state index in [4.69, 9.17) is 19.2 Å². The Bertz CT molecular complexity index is 2340. The molecule has 0 fully saturated rings. The minimum Gasteiger partial charge on any atom is -0.491 e. The van der Waals surface area contributed by atoms with Crippen LogP contribution in [-0.2, 0) is 40.5 Å². The molecule has 47 heavy (non-hydrogen) atoms. The highest BCUT2D eigenvalue weighted by Crippen LogP contribution is 2.42. The molecule has 0 radical (unpaired) electrons. The molecule has 0 bridgehead atoms. The number of nitrogen functional groups attached to an aromatic ring is 1. The lowest BCUT2D eigenvalue weighted by atomic mass is 10.1. The summed E-state index contributed by atoms with van der Waals surface area (Å²) >= 11 is 0. The first-order chi connectivity index (χ1) is 21.7. The van der Waals surface area contributed by atoms with Gasteiger partial charge in [-0.05, 0) is 62.2 Å². The summed E-state index contributed by atoms with van der Waals surface area (Å²) < 4.78 is 137. The fourth-order valence-corrected chi connectivity index (χ4v) is 6.85. The van der Waals surface area contributed by atoms with E-state index in [0.29, 0.717) is 23.3 Å². The predicted molar refractivity (Wildman–Crippen MR) is 169 cm³/mol. The Balaban J connectivity index is 1.90. The maximum absolute atomic E-state index is 13.2. The molecule has 0 saturated carbocycles. The number of nitrogens with two attached hydrogens (primary N) is 1. The van der Waals surface area contributed by atoms with E-state index in [1.807, 2.05) is 0 Å². The summed E-state index contributed by atoms with van der Waals surface area (Å²) in [5.74, 6) is -1.24. The molecule has 20 heteroatoms. The van der Waals surface area contributed by atoms with Crippen molar-refractivity contribution in [2.45, 2.75) is 35.0 Å². The molecule has 4 aromatic carbocycles. The first-order valence-electron chi connectivity index (χ1n) is 13.1. The molecule has 0 saturated heterocycles. The predicted octanol–water partition coefficient (Wildman–Crippen LogP) is 4.37. The summed E-state index contributed by atoms with van der Waals surface area (Å²) in [6, 6.07) is 11.4. The zero-order valence-corrected chi connectivity index (χ0v) is 27.7. The maximum Gasteiger partial charge on any atom is 0.339 e. The van der Waals surface area contributed by atoms with Crippen LogP contribution >= 0.6 is 0 Å². The summed E-state index contributed by atoms with van der Waals surface area (Å²) in [5, 5.41) is 7.25. The topological polar surface area (TPSA) is 266 Å². The van der Waals surface area contributed by atoms with Crippen LogP contribution in [-0.4, -0.2) is 59.7 Å². The summed E-state index contributed by atoms with van der Waals surface area (Å²) in [6.45, 7) is 3.17. The van der Waals surface area contributed by atoms with Gasteiger partial charge in [-0.2, -0.15) is 38.8 Å². The first kappa shape index (κ1) is 35.7. The lowest BCUT2D eigenvalue weighted by molar-refractivity contribution is 0.318. The van der Waals surface area contributed by atoms with E-state index in [1.165, 1.54) is 36.4 Å². The minimum absolute atomic E-state index is 0.0606. The number of benzene rings is 4. The van der Waals surface area contributed by atoms with E-state index in [2.05, 4.69) is 10.2 Å². The molecule has 4 aromatic rings. The van der Waals surface area contributed by atoms with Crippen molar-refractivity contribution >= 4 is 68.3 Å². The van der Waals surface area contributed by atoms with Gasteiger partial charge in [-0.25, -0.2) is 0 Å². The van der Waals surface area contributed by atoms with Crippen LogP contribution in [0.4, 0.5) is 17.1 Å². The molecule has 0 aliphatic heterocycles. The number of anilines is 1. The monoisotopic (exact) mass is 729 g/mol. The van der Waals surface area contributed by atoms with Crippen molar-refractivity contribution in [2.24, 2.45) is 10.2 Å². The number of ether oxygens (including phenoxy) is 1. The first-order valence-corrected chi connectivity index (χ1v) is 19.0. The third kappa shape index (κ3) is 8.80. The number of hydrogen-bond donors (Lipinski definition) is 4. The standard InChI is InChI=1S/C27H27N3O13S4/c1-16-4-6-18(7-5-16)47(40,41)43-25-14-19(45(34,35)36)13-20-26(46(37,38)39)9-8-22(27(20)25)29-30-23-15-24(21(28)12-17(23)2)42-10-3-11-44(31,32)33/h4-9,12-15H,3,10-11,28H2,1-2H3,(H,31,32,33)(H,34,35,36)(H,37,38,39). The van der Waals surface area contributed by atoms with Crippen LogP contribution in [0.15, 0.2) is 85.6 Å². The Labute approximate surface area is 270 Å². The van der Waals surface area contributed by atoms with Gasteiger partial charge in [-0.1, -0.05) is 17.7 Å². The number of aryl methyl sites for hydroxylation is 2. The maximum atomic E-state index is 13.2. The fourth-order valence-electron chi connectivity index (χ4n) is 4.23. The van der Waals surface area contributed by atoms with Crippen molar-refractivity contribution in [3.8, 4) is 11.5 Å². The number of nitrogens with zero attached hydrogens (tertiary/aromatic N) is 2. The van der Waals surface area contributed by atoms with E-state index < -0.39 is 72.5 Å². The third-order valence-electron chi connectivity index (χ3n) is 6.47. The average molecular weight is 730 g/mol. The molecule has 0 heterocycles. The molecule has 252 valence electrons. The van der Waals surface area contributed by atoms with Gasteiger partial charge in [0.25, 0.3) is 30.4 Å². The zero-order valence-electron chi connectivity index (χ0n) is 24.4. The highest BCUT2D eigenvalue weighted by atomic mass is 32.2. The van der Waals surface area contributed by atoms with E-state index in [1.54, 1.807) is 13.8 Å². The lowest BCUT2D eigenvalue weighted by Gasteiger charge is -2.14. The number of azo groups is 1. The van der Waals surface area contributed by atoms with E-state index in [9.17, 15) is 42.8 Å². The summed E-state index contributed by atoms with van der Waals surface area (Å²) in [6.07, 6.45) is -0.0606. The molecule has 0 spiro atoms. The summed E-state index contributed by atoms with van der Waals surface area (Å²) in [5.41, 5.74) is 7.21. The second-order valence-electron chi connectivity index (χ2n) is 10.1. The molecular formula is C27H27N3O13S4. The quantitative estimate of drug-likeness (QED) is 0.0519. The van der Waals surface area contributed by atoms with Gasteiger partial charge in [0.05, 0.1) is 39.7 Å². The molecule has 5 N–H and O–H groups in total. The van der Waals surface area contributed by atoms with Gasteiger partial charge in [0, 0.05) is 17.5 Å². The molecule has 0 atom stereocenters. The molecule has 0 aromatic heterocycles. The Kier molecular flexibility index (Phi) is 9.97. The smallest absolute Gasteiger partial charge is 0.339 e. The Morgan fingerprint density at radius 2 is 1.36 bits per heavy atom. The summed E-state index contributed by atoms with van der Waals surface area (Å²) in [7, 11) is -19.1. The molecular weight excluding hydrogens is 703 g/mol. The second-order valence-corrected chi connectivity index (χ2v) is 16.0. The van der Waals surface area contributed by atoms with Gasteiger partial charge >= 0.3 is 10.1 Å². The van der Waals surface area contributed by atoms with Crippen molar-refractivity contribution in [1.82, 2.24) is 0 Å². The van der Waals surface area contributed by atoms with Gasteiger partial charge in [0.1, 0.15) is 15.5 Å². The van der Waals surface area contributed by atoms with Crippen molar-refractivity contribution in [3.63, 3.8) is 0 Å². The lowest BCUT2D eigenvalue weighted by Crippen LogP contribution is -2.11. The van der Waals surface area contributed by atoms with Gasteiger partial charge < -0.3 is 14.7 Å². The molecule has 16 nitrogen and oxygen atoms in total. The van der Waals surface area contributed by atoms with Crippen molar-refractivity contribution in [1.29, 1.82) is 0 Å². The van der Waals surface area contributed by atoms with Crippen LogP contribution in [0.1, 0.15) is 17.5 Å². The van der Waals surface area contributed by atoms with Gasteiger partial charge in [0.2, 0.25) is 0 Å². The van der Waals surface area contributed by atoms with Crippen LogP contribution in [0.3, 0.4) is 0 Å². The normalized spacial score (nSPS) is 12.9. The van der Waals surface area contributed by atoms with Gasteiger partial charge in [0.15, 0.2) is 5.75 Å². The van der Waals surface area contributed by atoms with Crippen molar-refractivity contribution < 1.29 is 56.2 Å². The highest BCUT2D eigenvalue weighted by Gasteiger charge is 2.26. The number of hydrogen-bond acceptors (Lipinski definition) is 13. The zero-order chi connectivity index (χ0) is 34.9. The number of rotatable bonds is 12. The van der Waals surface area contributed by atoms with E-state index in [-0.39, 0.29) is 40.7 Å². The van der Waals surface area contributed by atoms with Crippen LogP contribution in [0.25, 0.3) is 10.8 Å². The second kappa shape index (κ2) is 13.1. The van der Waals surface area contributed by atoms with Crippen LogP contribution in [0.2, 0.25) is 0 Å². The van der Waals surface area contributed by atoms with E-state index >= 15 is 0 Å². The Hall–Kier alpha value is -4.18. The van der Waals surface area contributed by atoms with E-state index in [0.717, 1.165) is 12.1 Å². The van der Waals surface area contributed by atoms with Crippen LogP contribution < -0.4 is 14.7 Å². The van der Waals surface area contributed by atoms with Gasteiger partial charge in [-0.15, -0.1) is 5.11 Å². The van der Waals surface area contributed by atoms with Crippen LogP contribution in [0.5, 0.6) is 11.5 Å². The molecule has 0 aliphatic rings. The molecule has 0 aliphatic carbocycles. The van der Waals surface area contributed by atoms with Crippen molar-refractivity contribution in [2.75, 3.05) is 18.1 Å². The Morgan fingerprint density at radius 1 is 0.723 bits per heavy atom. The Morgan fingerprint density at radius 3 is 1.96 bits per heavy atom. The SMILES string of the molecule is Cc1ccc(S(=O)(=O)Oc2cc(S(=O)(=O)O)cc3c(S(=O)(=O)O)ccc(N=Nc4cc(OCCCS(=O)(=O)O)c(N)cc4C)c23)cc1. The van der Waals surface area contributed by atoms with Crippen LogP contribution in [0, 0.1) is 13.8 Å². The average Bonchev–Trinajstić information content (AvgIpc) is 2.93. The van der Waals surface area contributed by atoms with Gasteiger partial charge in [-0.3, -0.25) is 13.7 Å². The molecule has 0 unspecified atom stereocenters. The molecule has 4 rings (SSSR count). The minimum atomic E-state index is -5.08. The highest BCUT2D eigenvalue weighted by molar-refractivity contribution is 7.87. The largest absolute Gasteiger partial charge is 0.491 e. The van der Waals surface area contributed by atoms with Crippen molar-refractivity contribution in [3.05, 3.63) is 71.8 Å². The number of fused-ring (bicyclic) bond motifs is 1. The summed E-state index contributed by atoms with van der Waals surface area (Å²) in [4.78, 5) is -2.16. The molecule has 0 amide bonds. The third-order valence-corrected chi connectivity index (χ3v) is 10.3.